The molecule has 2 fully saturated rings. The van der Waals surface area contributed by atoms with Crippen LogP contribution in [-0.2, 0) is 11.8 Å². The number of thiocarbonyl (C=S) groups is 1. The number of nitrogens with zero attached hydrogens (tertiary/aromatic N) is 4. The summed E-state index contributed by atoms with van der Waals surface area (Å²) in [6, 6.07) is 2.07. The molecule has 2 aliphatic heterocycles. The molecule has 6 nitrogen and oxygen atoms in total. The maximum absolute atomic E-state index is 13.2. The van der Waals surface area contributed by atoms with E-state index in [0.29, 0.717) is 21.3 Å². The van der Waals surface area contributed by atoms with Crippen molar-refractivity contribution in [3.8, 4) is 6.07 Å². The molecule has 3 rings (SSSR count). The Morgan fingerprint density at radius 3 is 2.42 bits per heavy atom. The number of carbonyl (C=O) groups excluding carboxylic acids is 1. The number of hydrogen-bond donors (Lipinski definition) is 0. The molecular weight excluding hydrogens is 452 g/mol. The molecule has 3 heterocycles. The largest absolute Gasteiger partial charge is 0.357 e. The van der Waals surface area contributed by atoms with Crippen molar-refractivity contribution in [3.05, 3.63) is 31.9 Å². The SMILES string of the molecule is CCCCCCCCN1C(=O)/C(=C/c2c(C)c(C#N)c(=O)n(C)c2N2CCCCC2)SC1=S. The molecular formula is C25H34N4O2S2. The molecule has 33 heavy (non-hydrogen) atoms. The van der Waals surface area contributed by atoms with Gasteiger partial charge < -0.3 is 4.90 Å². The van der Waals surface area contributed by atoms with Crippen LogP contribution in [0.1, 0.15) is 81.4 Å². The molecule has 0 atom stereocenters. The summed E-state index contributed by atoms with van der Waals surface area (Å²) in [5.74, 6) is 0.715. The fourth-order valence-electron chi connectivity index (χ4n) is 4.57. The summed E-state index contributed by atoms with van der Waals surface area (Å²) in [4.78, 5) is 30.5. The number of amides is 1. The van der Waals surface area contributed by atoms with Gasteiger partial charge in [-0.15, -0.1) is 0 Å². The van der Waals surface area contributed by atoms with E-state index < -0.39 is 0 Å². The smallest absolute Gasteiger partial charge is 0.270 e. The molecule has 0 saturated carbocycles. The van der Waals surface area contributed by atoms with Crippen molar-refractivity contribution in [2.45, 2.75) is 71.6 Å². The van der Waals surface area contributed by atoms with Gasteiger partial charge in [0, 0.05) is 32.2 Å². The molecule has 1 aromatic rings. The molecule has 2 aliphatic rings. The molecule has 178 valence electrons. The lowest BCUT2D eigenvalue weighted by Gasteiger charge is -2.32. The summed E-state index contributed by atoms with van der Waals surface area (Å²) in [6.45, 7) is 6.37. The first-order valence-corrected chi connectivity index (χ1v) is 13.3. The van der Waals surface area contributed by atoms with Gasteiger partial charge in [-0.1, -0.05) is 63.0 Å². The van der Waals surface area contributed by atoms with Crippen LogP contribution in [0.25, 0.3) is 6.08 Å². The molecule has 0 N–H and O–H groups in total. The normalized spacial score (nSPS) is 17.8. The van der Waals surface area contributed by atoms with E-state index >= 15 is 0 Å². The first kappa shape index (κ1) is 25.5. The lowest BCUT2D eigenvalue weighted by Crippen LogP contribution is -2.36. The molecule has 0 unspecified atom stereocenters. The van der Waals surface area contributed by atoms with Gasteiger partial charge in [0.1, 0.15) is 21.8 Å². The van der Waals surface area contributed by atoms with Crippen molar-refractivity contribution in [3.63, 3.8) is 0 Å². The third-order valence-corrected chi connectivity index (χ3v) is 7.89. The average molecular weight is 487 g/mol. The van der Waals surface area contributed by atoms with Crippen molar-refractivity contribution in [2.24, 2.45) is 7.05 Å². The number of thioether (sulfide) groups is 1. The average Bonchev–Trinajstić information content (AvgIpc) is 3.08. The fraction of sp³-hybridized carbons (Fsp3) is 0.600. The quantitative estimate of drug-likeness (QED) is 0.274. The van der Waals surface area contributed by atoms with E-state index in [0.717, 1.165) is 50.2 Å². The Morgan fingerprint density at radius 1 is 1.09 bits per heavy atom. The van der Waals surface area contributed by atoms with E-state index in [9.17, 15) is 14.9 Å². The van der Waals surface area contributed by atoms with Crippen molar-refractivity contribution < 1.29 is 4.79 Å². The summed E-state index contributed by atoms with van der Waals surface area (Å²) >= 11 is 6.84. The van der Waals surface area contributed by atoms with Crippen LogP contribution in [0.2, 0.25) is 0 Å². The molecule has 0 bridgehead atoms. The van der Waals surface area contributed by atoms with Crippen LogP contribution >= 0.6 is 24.0 Å². The first-order chi connectivity index (χ1) is 15.9. The highest BCUT2D eigenvalue weighted by Gasteiger charge is 2.32. The van der Waals surface area contributed by atoms with Crippen molar-refractivity contribution in [2.75, 3.05) is 24.5 Å². The second kappa shape index (κ2) is 11.8. The zero-order valence-corrected chi connectivity index (χ0v) is 21.6. The van der Waals surface area contributed by atoms with E-state index in [2.05, 4.69) is 17.9 Å². The minimum absolute atomic E-state index is 0.0742. The van der Waals surface area contributed by atoms with E-state index in [-0.39, 0.29) is 17.0 Å². The highest BCUT2D eigenvalue weighted by atomic mass is 32.2. The predicted octanol–water partition coefficient (Wildman–Crippen LogP) is 5.12. The van der Waals surface area contributed by atoms with Crippen LogP contribution in [0, 0.1) is 18.3 Å². The fourth-order valence-corrected chi connectivity index (χ4v) is 5.86. The zero-order chi connectivity index (χ0) is 24.0. The first-order valence-electron chi connectivity index (χ1n) is 12.0. The van der Waals surface area contributed by atoms with Crippen LogP contribution in [0.15, 0.2) is 9.70 Å². The highest BCUT2D eigenvalue weighted by Crippen LogP contribution is 2.36. The van der Waals surface area contributed by atoms with Gasteiger partial charge in [0.15, 0.2) is 0 Å². The number of unbranched alkanes of at least 4 members (excludes halogenated alkanes) is 5. The number of carbonyl (C=O) groups is 1. The van der Waals surface area contributed by atoms with Crippen LogP contribution in [0.3, 0.4) is 0 Å². The molecule has 0 spiro atoms. The number of pyridine rings is 1. The Bertz CT molecular complexity index is 1030. The van der Waals surface area contributed by atoms with Gasteiger partial charge in [-0.3, -0.25) is 19.1 Å². The van der Waals surface area contributed by atoms with Gasteiger partial charge in [0.25, 0.3) is 11.5 Å². The Hall–Kier alpha value is -2.11. The van der Waals surface area contributed by atoms with Gasteiger partial charge in [0.05, 0.1) is 4.91 Å². The Labute approximate surface area is 206 Å². The number of aromatic nitrogens is 1. The van der Waals surface area contributed by atoms with Crippen LogP contribution in [-0.4, -0.2) is 39.3 Å². The number of nitriles is 1. The van der Waals surface area contributed by atoms with Crippen LogP contribution in [0.4, 0.5) is 5.82 Å². The second-order valence-corrected chi connectivity index (χ2v) is 10.5. The van der Waals surface area contributed by atoms with E-state index in [4.69, 9.17) is 12.2 Å². The Morgan fingerprint density at radius 2 is 1.76 bits per heavy atom. The topological polar surface area (TPSA) is 69.3 Å². The minimum Gasteiger partial charge on any atom is -0.357 e. The van der Waals surface area contributed by atoms with Gasteiger partial charge in [-0.05, 0) is 44.2 Å². The number of anilines is 1. The minimum atomic E-state index is -0.289. The standard InChI is InChI=1S/C25H34N4O2S2/c1-4-5-6-7-8-12-15-29-24(31)21(33-25(29)32)16-19-18(2)20(17-26)23(30)27(3)22(19)28-13-10-9-11-14-28/h16H,4-15H2,1-3H3/b21-16-. The molecule has 8 heteroatoms. The van der Waals surface area contributed by atoms with E-state index in [1.165, 1.54) is 43.9 Å². The molecule has 2 saturated heterocycles. The lowest BCUT2D eigenvalue weighted by atomic mass is 10.0. The number of rotatable bonds is 9. The maximum Gasteiger partial charge on any atom is 0.270 e. The van der Waals surface area contributed by atoms with E-state index in [1.807, 2.05) is 6.08 Å². The van der Waals surface area contributed by atoms with Crippen molar-refractivity contribution in [1.82, 2.24) is 9.47 Å². The van der Waals surface area contributed by atoms with Crippen LogP contribution < -0.4 is 10.5 Å². The summed E-state index contributed by atoms with van der Waals surface area (Å²) in [7, 11) is 1.72. The summed E-state index contributed by atoms with van der Waals surface area (Å²) < 4.78 is 2.15. The monoisotopic (exact) mass is 486 g/mol. The summed E-state index contributed by atoms with van der Waals surface area (Å²) in [5.41, 5.74) is 1.24. The maximum atomic E-state index is 13.2. The Balaban J connectivity index is 1.89. The van der Waals surface area contributed by atoms with Crippen molar-refractivity contribution >= 4 is 46.1 Å². The second-order valence-electron chi connectivity index (χ2n) is 8.86. The molecule has 1 amide bonds. The third kappa shape index (κ3) is 5.70. The molecule has 0 radical (unpaired) electrons. The Kier molecular flexibility index (Phi) is 9.16. The molecule has 0 aromatic carbocycles. The third-order valence-electron chi connectivity index (χ3n) is 6.51. The predicted molar refractivity (Wildman–Crippen MR) is 140 cm³/mol. The molecule has 1 aromatic heterocycles. The van der Waals surface area contributed by atoms with Crippen LogP contribution in [0.5, 0.6) is 0 Å². The van der Waals surface area contributed by atoms with Gasteiger partial charge in [-0.25, -0.2) is 0 Å². The van der Waals surface area contributed by atoms with Gasteiger partial charge >= 0.3 is 0 Å². The summed E-state index contributed by atoms with van der Waals surface area (Å²) in [5, 5.41) is 9.62. The van der Waals surface area contributed by atoms with Crippen molar-refractivity contribution in [1.29, 1.82) is 5.26 Å². The number of hydrogen-bond acceptors (Lipinski definition) is 6. The summed E-state index contributed by atoms with van der Waals surface area (Å²) in [6.07, 6.45) is 12.1. The van der Waals surface area contributed by atoms with E-state index in [1.54, 1.807) is 23.4 Å². The van der Waals surface area contributed by atoms with Gasteiger partial charge in [0.2, 0.25) is 0 Å². The highest BCUT2D eigenvalue weighted by molar-refractivity contribution is 8.26. The molecule has 0 aliphatic carbocycles. The number of piperidine rings is 1. The lowest BCUT2D eigenvalue weighted by molar-refractivity contribution is -0.122. The zero-order valence-electron chi connectivity index (χ0n) is 20.0. The van der Waals surface area contributed by atoms with Gasteiger partial charge in [-0.2, -0.15) is 5.26 Å².